The van der Waals surface area contributed by atoms with Gasteiger partial charge in [-0.25, -0.2) is 4.98 Å². The number of rotatable bonds is 4. The molecule has 0 radical (unpaired) electrons. The summed E-state index contributed by atoms with van der Waals surface area (Å²) in [6.45, 7) is 10.7. The van der Waals surface area contributed by atoms with Crippen LogP contribution in [0.1, 0.15) is 45.1 Å². The van der Waals surface area contributed by atoms with E-state index in [0.29, 0.717) is 19.3 Å². The largest absolute Gasteiger partial charge is 0.392 e. The van der Waals surface area contributed by atoms with Crippen LogP contribution in [0.3, 0.4) is 0 Å². The summed E-state index contributed by atoms with van der Waals surface area (Å²) in [5, 5.41) is 23.9. The number of hydrogen-bond acceptors (Lipinski definition) is 7. The molecule has 3 atom stereocenters. The maximum atomic E-state index is 11.2. The van der Waals surface area contributed by atoms with E-state index in [2.05, 4.69) is 51.9 Å². The molecule has 9 nitrogen and oxygen atoms in total. The van der Waals surface area contributed by atoms with E-state index in [9.17, 15) is 5.11 Å². The number of nitrogens with one attached hydrogen (secondary N) is 1. The Labute approximate surface area is 188 Å². The van der Waals surface area contributed by atoms with E-state index in [1.54, 1.807) is 6.20 Å². The molecule has 0 saturated carbocycles. The number of fused-ring (bicyclic) bond motifs is 1. The summed E-state index contributed by atoms with van der Waals surface area (Å²) in [4.78, 5) is 9.81. The van der Waals surface area contributed by atoms with Gasteiger partial charge in [0.1, 0.15) is 5.82 Å². The van der Waals surface area contributed by atoms with Gasteiger partial charge in [0.25, 0.3) is 0 Å². The van der Waals surface area contributed by atoms with E-state index >= 15 is 0 Å². The van der Waals surface area contributed by atoms with E-state index in [1.807, 2.05) is 16.9 Å². The normalized spacial score (nSPS) is 25.5. The second-order valence-electron chi connectivity index (χ2n) is 9.30. The molecule has 2 unspecified atom stereocenters. The van der Waals surface area contributed by atoms with Gasteiger partial charge in [-0.05, 0) is 51.8 Å². The lowest BCUT2D eigenvalue weighted by atomic mass is 9.88. The lowest BCUT2D eigenvalue weighted by molar-refractivity contribution is 0.0985. The Bertz CT molecular complexity index is 1050. The Hall–Kier alpha value is -2.49. The van der Waals surface area contributed by atoms with Crippen LogP contribution in [0, 0.1) is 0 Å². The lowest BCUT2D eigenvalue weighted by Crippen LogP contribution is -2.44. The molecular weight excluding hydrogens is 406 g/mol. The fourth-order valence-corrected chi connectivity index (χ4v) is 5.06. The predicted molar refractivity (Wildman–Crippen MR) is 123 cm³/mol. The van der Waals surface area contributed by atoms with E-state index in [1.165, 1.54) is 0 Å². The third-order valence-corrected chi connectivity index (χ3v) is 6.97. The molecule has 0 bridgehead atoms. The molecule has 5 rings (SSSR count). The second-order valence-corrected chi connectivity index (χ2v) is 9.30. The Morgan fingerprint density at radius 1 is 1.22 bits per heavy atom. The van der Waals surface area contributed by atoms with E-state index < -0.39 is 6.10 Å². The molecule has 2 N–H and O–H groups in total. The summed E-state index contributed by atoms with van der Waals surface area (Å²) in [6.07, 6.45) is 4.88. The van der Waals surface area contributed by atoms with Crippen LogP contribution in [-0.2, 0) is 4.74 Å². The van der Waals surface area contributed by atoms with Gasteiger partial charge < -0.3 is 19.6 Å². The standard InChI is InChI=1S/C23H33N7O2/c1-15(2)28-8-5-17(20(31)6-9-28)18-12-22(29-10-11-32-14-16(29)3)26-23-19(18)13-25-30(23)21-4-7-24-27-21/h4,7,12-13,15-17,20,31H,5-6,8-11,14H2,1-3H3,(H,24,27)/t16-,17?,20?/m1/s1. The number of aliphatic hydroxyl groups is 1. The first-order valence-electron chi connectivity index (χ1n) is 11.7. The van der Waals surface area contributed by atoms with Gasteiger partial charge in [-0.2, -0.15) is 14.9 Å². The number of nitrogens with zero attached hydrogens (tertiary/aromatic N) is 6. The van der Waals surface area contributed by atoms with Crippen molar-refractivity contribution < 1.29 is 9.84 Å². The highest BCUT2D eigenvalue weighted by atomic mass is 16.5. The second kappa shape index (κ2) is 8.80. The summed E-state index contributed by atoms with van der Waals surface area (Å²) >= 11 is 0. The Morgan fingerprint density at radius 3 is 2.81 bits per heavy atom. The maximum Gasteiger partial charge on any atom is 0.167 e. The molecule has 3 aromatic rings. The van der Waals surface area contributed by atoms with Gasteiger partial charge >= 0.3 is 0 Å². The topological polar surface area (TPSA) is 95.3 Å². The fourth-order valence-electron chi connectivity index (χ4n) is 5.06. The molecule has 2 saturated heterocycles. The number of anilines is 1. The van der Waals surface area contributed by atoms with Crippen molar-refractivity contribution >= 4 is 16.9 Å². The average Bonchev–Trinajstić information content (AvgIpc) is 3.41. The molecule has 3 aromatic heterocycles. The van der Waals surface area contributed by atoms with Crippen LogP contribution in [-0.4, -0.2) is 86.0 Å². The first kappa shape index (κ1) is 21.4. The zero-order chi connectivity index (χ0) is 22.2. The van der Waals surface area contributed by atoms with Crippen molar-refractivity contribution in [2.24, 2.45) is 0 Å². The molecule has 0 aliphatic carbocycles. The molecule has 2 aliphatic heterocycles. The van der Waals surface area contributed by atoms with Crippen molar-refractivity contribution in [3.05, 3.63) is 30.1 Å². The minimum atomic E-state index is -0.394. The smallest absolute Gasteiger partial charge is 0.167 e. The third-order valence-electron chi connectivity index (χ3n) is 6.97. The number of morpholine rings is 1. The molecular formula is C23H33N7O2. The molecule has 172 valence electrons. The van der Waals surface area contributed by atoms with Crippen LogP contribution >= 0.6 is 0 Å². The Balaban J connectivity index is 1.62. The molecule has 0 aromatic carbocycles. The number of likely N-dealkylation sites (tertiary alicyclic amines) is 1. The zero-order valence-corrected chi connectivity index (χ0v) is 19.1. The van der Waals surface area contributed by atoms with Crippen LogP contribution in [0.4, 0.5) is 5.82 Å². The number of pyridine rings is 1. The van der Waals surface area contributed by atoms with E-state index in [4.69, 9.17) is 9.72 Å². The lowest BCUT2D eigenvalue weighted by Gasteiger charge is -2.35. The van der Waals surface area contributed by atoms with Crippen LogP contribution in [0.2, 0.25) is 0 Å². The highest BCUT2D eigenvalue weighted by Crippen LogP contribution is 2.36. The number of aliphatic hydroxyl groups excluding tert-OH is 1. The van der Waals surface area contributed by atoms with Crippen molar-refractivity contribution in [1.29, 1.82) is 0 Å². The Kier molecular flexibility index (Phi) is 5.88. The number of hydrogen-bond donors (Lipinski definition) is 2. The maximum absolute atomic E-state index is 11.2. The predicted octanol–water partition coefficient (Wildman–Crippen LogP) is 2.32. The van der Waals surface area contributed by atoms with E-state index in [0.717, 1.165) is 60.7 Å². The van der Waals surface area contributed by atoms with Gasteiger partial charge in [-0.15, -0.1) is 0 Å². The molecule has 0 amide bonds. The first-order chi connectivity index (χ1) is 15.5. The van der Waals surface area contributed by atoms with Crippen molar-refractivity contribution in [2.75, 3.05) is 37.7 Å². The third kappa shape index (κ3) is 3.89. The van der Waals surface area contributed by atoms with Crippen LogP contribution in [0.25, 0.3) is 16.9 Å². The molecule has 0 spiro atoms. The van der Waals surface area contributed by atoms with Gasteiger partial charge in [0.15, 0.2) is 11.5 Å². The average molecular weight is 440 g/mol. The van der Waals surface area contributed by atoms with Gasteiger partial charge in [0.05, 0.1) is 37.8 Å². The Morgan fingerprint density at radius 2 is 2.06 bits per heavy atom. The van der Waals surface area contributed by atoms with Gasteiger partial charge in [0.2, 0.25) is 0 Å². The summed E-state index contributed by atoms with van der Waals surface area (Å²) in [7, 11) is 0. The molecule has 2 fully saturated rings. The van der Waals surface area contributed by atoms with Crippen LogP contribution in [0.5, 0.6) is 0 Å². The molecule has 5 heterocycles. The van der Waals surface area contributed by atoms with E-state index in [-0.39, 0.29) is 12.0 Å². The monoisotopic (exact) mass is 439 g/mol. The fraction of sp³-hybridized carbons (Fsp3) is 0.609. The van der Waals surface area contributed by atoms with Crippen LogP contribution in [0.15, 0.2) is 24.5 Å². The minimum absolute atomic E-state index is 0.0405. The number of aromatic nitrogens is 5. The van der Waals surface area contributed by atoms with Crippen molar-refractivity contribution in [2.45, 2.75) is 57.7 Å². The van der Waals surface area contributed by atoms with Crippen molar-refractivity contribution in [3.63, 3.8) is 0 Å². The quantitative estimate of drug-likeness (QED) is 0.644. The van der Waals surface area contributed by atoms with Gasteiger partial charge in [-0.3, -0.25) is 5.10 Å². The summed E-state index contributed by atoms with van der Waals surface area (Å²) in [6, 6.07) is 4.79. The molecule has 9 heteroatoms. The van der Waals surface area contributed by atoms with Crippen LogP contribution < -0.4 is 4.90 Å². The van der Waals surface area contributed by atoms with Gasteiger partial charge in [0, 0.05) is 36.5 Å². The minimum Gasteiger partial charge on any atom is -0.392 e. The van der Waals surface area contributed by atoms with Crippen molar-refractivity contribution in [1.82, 2.24) is 29.9 Å². The summed E-state index contributed by atoms with van der Waals surface area (Å²) in [5.74, 6) is 1.73. The zero-order valence-electron chi connectivity index (χ0n) is 19.1. The number of ether oxygens (including phenoxy) is 1. The van der Waals surface area contributed by atoms with Gasteiger partial charge in [-0.1, -0.05) is 0 Å². The van der Waals surface area contributed by atoms with Crippen molar-refractivity contribution in [3.8, 4) is 5.82 Å². The number of H-pyrrole nitrogens is 1. The highest BCUT2D eigenvalue weighted by Gasteiger charge is 2.31. The first-order valence-corrected chi connectivity index (χ1v) is 11.7. The number of aromatic amines is 1. The summed E-state index contributed by atoms with van der Waals surface area (Å²) in [5.41, 5.74) is 1.92. The molecule has 32 heavy (non-hydrogen) atoms. The highest BCUT2D eigenvalue weighted by molar-refractivity contribution is 5.83. The molecule has 2 aliphatic rings. The SMILES string of the molecule is CC(C)N1CCC(O)C(c2cc(N3CCOC[C@H]3C)nc3c2cnn3-c2ccn[nH]2)CC1. The summed E-state index contributed by atoms with van der Waals surface area (Å²) < 4.78 is 7.47.